The Labute approximate surface area is 111 Å². The largest absolute Gasteiger partial charge is 0.399 e. The number of anilines is 1. The molecule has 3 nitrogen and oxygen atoms in total. The van der Waals surface area contributed by atoms with Gasteiger partial charge in [0.25, 0.3) is 5.91 Å². The highest BCUT2D eigenvalue weighted by atomic mass is 79.9. The molecule has 4 heteroatoms. The number of halogens is 1. The molecule has 0 spiro atoms. The second kappa shape index (κ2) is 6.05. The third-order valence-corrected chi connectivity index (χ3v) is 3.26. The Kier molecular flexibility index (Phi) is 5.00. The highest BCUT2D eigenvalue weighted by molar-refractivity contribution is 9.10. The van der Waals surface area contributed by atoms with Gasteiger partial charge in [-0.1, -0.05) is 6.92 Å². The molecule has 94 valence electrons. The van der Waals surface area contributed by atoms with E-state index in [0.29, 0.717) is 11.3 Å². The van der Waals surface area contributed by atoms with Crippen molar-refractivity contribution < 1.29 is 4.79 Å². The zero-order valence-electron chi connectivity index (χ0n) is 10.5. The first-order valence-corrected chi connectivity index (χ1v) is 6.62. The lowest BCUT2D eigenvalue weighted by Gasteiger charge is -2.26. The van der Waals surface area contributed by atoms with Gasteiger partial charge in [-0.15, -0.1) is 0 Å². The van der Waals surface area contributed by atoms with Crippen molar-refractivity contribution in [1.82, 2.24) is 4.90 Å². The number of nitrogens with zero attached hydrogens (tertiary/aromatic N) is 1. The van der Waals surface area contributed by atoms with Crippen molar-refractivity contribution in [2.24, 2.45) is 0 Å². The molecule has 1 aromatic carbocycles. The van der Waals surface area contributed by atoms with E-state index in [1.807, 2.05) is 24.8 Å². The minimum atomic E-state index is 0.0287. The first kappa shape index (κ1) is 14.0. The van der Waals surface area contributed by atoms with Crippen LogP contribution >= 0.6 is 15.9 Å². The number of carbonyl (C=O) groups is 1. The summed E-state index contributed by atoms with van der Waals surface area (Å²) in [5, 5.41) is 0. The Morgan fingerprint density at radius 2 is 2.12 bits per heavy atom. The molecule has 0 aliphatic rings. The predicted octanol–water partition coefficient (Wildman–Crippen LogP) is 3.29. The molecule has 0 saturated heterocycles. The van der Waals surface area contributed by atoms with Gasteiger partial charge in [-0.05, 0) is 54.4 Å². The van der Waals surface area contributed by atoms with E-state index in [1.54, 1.807) is 12.1 Å². The summed E-state index contributed by atoms with van der Waals surface area (Å²) in [4.78, 5) is 14.3. The zero-order chi connectivity index (χ0) is 13.0. The first-order chi connectivity index (χ1) is 7.97. The SMILES string of the molecule is CCCN(C(=O)c1cc(N)ccc1Br)C(C)C. The van der Waals surface area contributed by atoms with Crippen LogP contribution in [0.4, 0.5) is 5.69 Å². The Hall–Kier alpha value is -1.03. The number of hydrogen-bond acceptors (Lipinski definition) is 2. The molecule has 0 bridgehead atoms. The number of nitrogens with two attached hydrogens (primary N) is 1. The van der Waals surface area contributed by atoms with Gasteiger partial charge in [0.05, 0.1) is 5.56 Å². The molecule has 0 aromatic heterocycles. The van der Waals surface area contributed by atoms with Crippen LogP contribution in [0.1, 0.15) is 37.6 Å². The summed E-state index contributed by atoms with van der Waals surface area (Å²) in [5.74, 6) is 0.0287. The van der Waals surface area contributed by atoms with Crippen molar-refractivity contribution in [3.63, 3.8) is 0 Å². The summed E-state index contributed by atoms with van der Waals surface area (Å²) in [5.41, 5.74) is 6.96. The summed E-state index contributed by atoms with van der Waals surface area (Å²) in [6.45, 7) is 6.87. The van der Waals surface area contributed by atoms with E-state index in [0.717, 1.165) is 17.4 Å². The molecule has 1 rings (SSSR count). The quantitative estimate of drug-likeness (QED) is 0.867. The Bertz CT molecular complexity index is 404. The summed E-state index contributed by atoms with van der Waals surface area (Å²) < 4.78 is 0.790. The van der Waals surface area contributed by atoms with E-state index in [-0.39, 0.29) is 11.9 Å². The molecule has 0 atom stereocenters. The highest BCUT2D eigenvalue weighted by Crippen LogP contribution is 2.22. The number of nitrogen functional groups attached to an aromatic ring is 1. The van der Waals surface area contributed by atoms with Crippen LogP contribution in [0.5, 0.6) is 0 Å². The van der Waals surface area contributed by atoms with Gasteiger partial charge in [-0.25, -0.2) is 0 Å². The molecule has 0 aliphatic heterocycles. The van der Waals surface area contributed by atoms with Gasteiger partial charge < -0.3 is 10.6 Å². The average Bonchev–Trinajstić information content (AvgIpc) is 2.28. The first-order valence-electron chi connectivity index (χ1n) is 5.83. The minimum absolute atomic E-state index is 0.0287. The molecule has 0 heterocycles. The van der Waals surface area contributed by atoms with Gasteiger partial charge >= 0.3 is 0 Å². The Morgan fingerprint density at radius 3 is 2.65 bits per heavy atom. The van der Waals surface area contributed by atoms with Crippen molar-refractivity contribution in [3.05, 3.63) is 28.2 Å². The summed E-state index contributed by atoms with van der Waals surface area (Å²) >= 11 is 3.40. The standard InChI is InChI=1S/C13H19BrN2O/c1-4-7-16(9(2)3)13(17)11-8-10(15)5-6-12(11)14/h5-6,8-9H,4,7,15H2,1-3H3. The topological polar surface area (TPSA) is 46.3 Å². The monoisotopic (exact) mass is 298 g/mol. The van der Waals surface area contributed by atoms with E-state index >= 15 is 0 Å². The van der Waals surface area contributed by atoms with Gasteiger partial charge in [-0.2, -0.15) is 0 Å². The normalized spacial score (nSPS) is 10.6. The van der Waals surface area contributed by atoms with Gasteiger partial charge in [0.1, 0.15) is 0 Å². The van der Waals surface area contributed by atoms with Crippen molar-refractivity contribution in [2.45, 2.75) is 33.2 Å². The number of carbonyl (C=O) groups excluding carboxylic acids is 1. The van der Waals surface area contributed by atoms with Crippen molar-refractivity contribution in [2.75, 3.05) is 12.3 Å². The molecule has 0 fully saturated rings. The molecule has 1 aromatic rings. The Balaban J connectivity index is 3.04. The van der Waals surface area contributed by atoms with Gasteiger partial charge in [0.15, 0.2) is 0 Å². The second-order valence-electron chi connectivity index (χ2n) is 4.33. The Morgan fingerprint density at radius 1 is 1.47 bits per heavy atom. The van der Waals surface area contributed by atoms with E-state index < -0.39 is 0 Å². The van der Waals surface area contributed by atoms with E-state index in [1.165, 1.54) is 0 Å². The number of benzene rings is 1. The van der Waals surface area contributed by atoms with Crippen LogP contribution in [-0.2, 0) is 0 Å². The van der Waals surface area contributed by atoms with Crippen LogP contribution in [-0.4, -0.2) is 23.4 Å². The lowest BCUT2D eigenvalue weighted by Crippen LogP contribution is -2.37. The highest BCUT2D eigenvalue weighted by Gasteiger charge is 2.20. The molecule has 0 saturated carbocycles. The maximum atomic E-state index is 12.4. The lowest BCUT2D eigenvalue weighted by atomic mass is 10.1. The predicted molar refractivity (Wildman–Crippen MR) is 75.0 cm³/mol. The molecular formula is C13H19BrN2O. The molecule has 1 amide bonds. The number of hydrogen-bond donors (Lipinski definition) is 1. The van der Waals surface area contributed by atoms with Crippen LogP contribution < -0.4 is 5.73 Å². The van der Waals surface area contributed by atoms with E-state index in [4.69, 9.17) is 5.73 Å². The zero-order valence-corrected chi connectivity index (χ0v) is 12.1. The molecule has 0 radical (unpaired) electrons. The van der Waals surface area contributed by atoms with Crippen LogP contribution in [0.15, 0.2) is 22.7 Å². The van der Waals surface area contributed by atoms with Crippen molar-refractivity contribution >= 4 is 27.5 Å². The van der Waals surface area contributed by atoms with Crippen molar-refractivity contribution in [3.8, 4) is 0 Å². The average molecular weight is 299 g/mol. The maximum Gasteiger partial charge on any atom is 0.255 e. The van der Waals surface area contributed by atoms with Crippen LogP contribution in [0.25, 0.3) is 0 Å². The fraction of sp³-hybridized carbons (Fsp3) is 0.462. The number of rotatable bonds is 4. The van der Waals surface area contributed by atoms with Gasteiger partial charge in [0, 0.05) is 22.7 Å². The molecule has 0 aliphatic carbocycles. The van der Waals surface area contributed by atoms with Crippen molar-refractivity contribution in [1.29, 1.82) is 0 Å². The third-order valence-electron chi connectivity index (χ3n) is 2.57. The summed E-state index contributed by atoms with van der Waals surface area (Å²) in [7, 11) is 0. The number of amides is 1. The van der Waals surface area contributed by atoms with Crippen LogP contribution in [0, 0.1) is 0 Å². The fourth-order valence-corrected chi connectivity index (χ4v) is 2.11. The summed E-state index contributed by atoms with van der Waals surface area (Å²) in [6, 6.07) is 5.50. The molecule has 17 heavy (non-hydrogen) atoms. The lowest BCUT2D eigenvalue weighted by molar-refractivity contribution is 0.0705. The van der Waals surface area contributed by atoms with Gasteiger partial charge in [-0.3, -0.25) is 4.79 Å². The smallest absolute Gasteiger partial charge is 0.255 e. The maximum absolute atomic E-state index is 12.4. The third kappa shape index (κ3) is 3.46. The van der Waals surface area contributed by atoms with Crippen LogP contribution in [0.3, 0.4) is 0 Å². The minimum Gasteiger partial charge on any atom is -0.399 e. The second-order valence-corrected chi connectivity index (χ2v) is 5.19. The molecular weight excluding hydrogens is 280 g/mol. The molecule has 2 N–H and O–H groups in total. The van der Waals surface area contributed by atoms with Gasteiger partial charge in [0.2, 0.25) is 0 Å². The van der Waals surface area contributed by atoms with E-state index in [9.17, 15) is 4.79 Å². The summed E-state index contributed by atoms with van der Waals surface area (Å²) in [6.07, 6.45) is 0.948. The fourth-order valence-electron chi connectivity index (χ4n) is 1.70. The molecule has 0 unspecified atom stereocenters. The van der Waals surface area contributed by atoms with E-state index in [2.05, 4.69) is 22.9 Å². The van der Waals surface area contributed by atoms with Crippen LogP contribution in [0.2, 0.25) is 0 Å².